The molecule has 1 aromatic carbocycles. The molecule has 1 aliphatic rings. The second-order valence-corrected chi connectivity index (χ2v) is 7.63. The smallest absolute Gasteiger partial charge is 0.412 e. The molecule has 7 heteroatoms. The number of carbonyl (C=O) groups is 1. The first-order valence-electron chi connectivity index (χ1n) is 5.96. The lowest BCUT2D eigenvalue weighted by Gasteiger charge is -2.20. The molecule has 110 valence electrons. The summed E-state index contributed by atoms with van der Waals surface area (Å²) >= 11 is 13.1. The second kappa shape index (κ2) is 5.73. The van der Waals surface area contributed by atoms with Crippen molar-refractivity contribution in [3.05, 3.63) is 22.7 Å². The van der Waals surface area contributed by atoms with E-state index in [2.05, 4.69) is 37.2 Å². The summed E-state index contributed by atoms with van der Waals surface area (Å²) in [6.07, 6.45) is -0.569. The molecule has 0 saturated heterocycles. The zero-order valence-corrected chi connectivity index (χ0v) is 15.1. The Balaban J connectivity index is 2.28. The molecule has 0 fully saturated rings. The molecule has 1 amide bonds. The Hall–Kier alpha value is -0.460. The van der Waals surface area contributed by atoms with Crippen molar-refractivity contribution in [1.82, 2.24) is 0 Å². The van der Waals surface area contributed by atoms with Crippen LogP contribution in [0.5, 0.6) is 5.75 Å². The van der Waals surface area contributed by atoms with Gasteiger partial charge in [0.05, 0.1) is 9.85 Å². The molecule has 20 heavy (non-hydrogen) atoms. The first kappa shape index (κ1) is 15.9. The number of alkyl halides is 2. The van der Waals surface area contributed by atoms with E-state index in [9.17, 15) is 4.79 Å². The molecule has 0 spiro atoms. The molecule has 0 saturated carbocycles. The quantitative estimate of drug-likeness (QED) is 0.624. The third-order valence-corrected chi connectivity index (χ3v) is 5.23. The lowest BCUT2D eigenvalue weighted by molar-refractivity contribution is 0.0635. The fourth-order valence-corrected chi connectivity index (χ4v) is 2.89. The molecule has 2 atom stereocenters. The van der Waals surface area contributed by atoms with Crippen LogP contribution in [-0.2, 0) is 4.74 Å². The average Bonchev–Trinajstić information content (AvgIpc) is 2.57. The molecule has 1 aromatic rings. The standard InChI is InChI=1S/C13H14Br2ClNO3/c1-13(2,3)20-12(18)17-9-7(16)5-4-6-8(14)11(15)19-10(6)9/h4-5,8,11H,1-3H3,(H,17,18). The Morgan fingerprint density at radius 3 is 2.65 bits per heavy atom. The molecule has 1 aliphatic heterocycles. The van der Waals surface area contributed by atoms with E-state index in [1.807, 2.05) is 6.07 Å². The van der Waals surface area contributed by atoms with E-state index in [1.165, 1.54) is 0 Å². The average molecular weight is 428 g/mol. The van der Waals surface area contributed by atoms with Gasteiger partial charge in [0.25, 0.3) is 0 Å². The summed E-state index contributed by atoms with van der Waals surface area (Å²) in [4.78, 5) is 11.9. The third-order valence-electron chi connectivity index (χ3n) is 2.52. The van der Waals surface area contributed by atoms with Crippen molar-refractivity contribution < 1.29 is 14.3 Å². The van der Waals surface area contributed by atoms with Crippen molar-refractivity contribution in [1.29, 1.82) is 0 Å². The summed E-state index contributed by atoms with van der Waals surface area (Å²) in [5.41, 5.74) is 0.762. The predicted molar refractivity (Wildman–Crippen MR) is 86.3 cm³/mol. The summed E-state index contributed by atoms with van der Waals surface area (Å²) in [6.45, 7) is 5.38. The number of rotatable bonds is 1. The third kappa shape index (κ3) is 3.40. The molecule has 4 nitrogen and oxygen atoms in total. The maximum absolute atomic E-state index is 11.9. The van der Waals surface area contributed by atoms with Gasteiger partial charge in [-0.05, 0) is 42.8 Å². The number of fused-ring (bicyclic) bond motifs is 1. The van der Waals surface area contributed by atoms with Gasteiger partial charge in [-0.3, -0.25) is 5.32 Å². The van der Waals surface area contributed by atoms with E-state index in [0.717, 1.165) is 5.56 Å². The number of hydrogen-bond donors (Lipinski definition) is 1. The van der Waals surface area contributed by atoms with Crippen molar-refractivity contribution in [2.45, 2.75) is 36.2 Å². The van der Waals surface area contributed by atoms with Crippen LogP contribution in [0.25, 0.3) is 0 Å². The van der Waals surface area contributed by atoms with Gasteiger partial charge in [0.2, 0.25) is 0 Å². The minimum Gasteiger partial charge on any atom is -0.475 e. The van der Waals surface area contributed by atoms with Crippen LogP contribution < -0.4 is 10.1 Å². The molecule has 0 radical (unpaired) electrons. The van der Waals surface area contributed by atoms with Crippen LogP contribution in [0, 0.1) is 0 Å². The van der Waals surface area contributed by atoms with E-state index in [-0.39, 0.29) is 9.84 Å². The van der Waals surface area contributed by atoms with Crippen LogP contribution in [0.1, 0.15) is 31.2 Å². The number of ether oxygens (including phenoxy) is 2. The molecule has 0 aliphatic carbocycles. The Morgan fingerprint density at radius 1 is 1.40 bits per heavy atom. The van der Waals surface area contributed by atoms with E-state index in [0.29, 0.717) is 16.5 Å². The minimum absolute atomic E-state index is 0.00560. The van der Waals surface area contributed by atoms with Crippen LogP contribution in [0.4, 0.5) is 10.5 Å². The van der Waals surface area contributed by atoms with Crippen molar-refractivity contribution in [3.8, 4) is 5.75 Å². The van der Waals surface area contributed by atoms with E-state index >= 15 is 0 Å². The molecule has 2 unspecified atom stereocenters. The van der Waals surface area contributed by atoms with Gasteiger partial charge in [0.15, 0.2) is 10.8 Å². The van der Waals surface area contributed by atoms with Gasteiger partial charge in [-0.25, -0.2) is 4.79 Å². The topological polar surface area (TPSA) is 47.6 Å². The van der Waals surface area contributed by atoms with Gasteiger partial charge in [-0.2, -0.15) is 0 Å². The Labute approximate surface area is 139 Å². The maximum atomic E-state index is 11.9. The van der Waals surface area contributed by atoms with Crippen LogP contribution in [0.3, 0.4) is 0 Å². The highest BCUT2D eigenvalue weighted by Crippen LogP contribution is 2.50. The molecule has 0 aromatic heterocycles. The zero-order chi connectivity index (χ0) is 15.1. The Morgan fingerprint density at radius 2 is 2.05 bits per heavy atom. The largest absolute Gasteiger partial charge is 0.475 e. The summed E-state index contributed by atoms with van der Waals surface area (Å²) < 4.78 is 10.9. The molecule has 2 rings (SSSR count). The van der Waals surface area contributed by atoms with Gasteiger partial charge in [0, 0.05) is 5.56 Å². The number of hydrogen-bond acceptors (Lipinski definition) is 3. The Kier molecular flexibility index (Phi) is 4.56. The van der Waals surface area contributed by atoms with Gasteiger partial charge in [-0.1, -0.05) is 33.6 Å². The fraction of sp³-hybridized carbons (Fsp3) is 0.462. The summed E-state index contributed by atoms with van der Waals surface area (Å²) in [5.74, 6) is 0.548. The van der Waals surface area contributed by atoms with Crippen molar-refractivity contribution in [2.75, 3.05) is 5.32 Å². The summed E-state index contributed by atoms with van der Waals surface area (Å²) in [5, 5.41) is 2.83. The van der Waals surface area contributed by atoms with Crippen LogP contribution in [0.15, 0.2) is 12.1 Å². The minimum atomic E-state index is -0.578. The zero-order valence-electron chi connectivity index (χ0n) is 11.2. The number of anilines is 1. The molecule has 0 bridgehead atoms. The predicted octanol–water partition coefficient (Wildman–Crippen LogP) is 5.24. The van der Waals surface area contributed by atoms with Crippen LogP contribution in [0.2, 0.25) is 5.02 Å². The Bertz CT molecular complexity index is 545. The van der Waals surface area contributed by atoms with Gasteiger partial charge < -0.3 is 9.47 Å². The van der Waals surface area contributed by atoms with Crippen molar-refractivity contribution >= 4 is 55.2 Å². The number of benzene rings is 1. The SMILES string of the molecule is CC(C)(C)OC(=O)Nc1c(Cl)ccc2c1OC(Br)C2Br. The van der Waals surface area contributed by atoms with Crippen LogP contribution >= 0.6 is 43.5 Å². The number of halogens is 3. The molecular formula is C13H14Br2ClNO3. The number of carbonyl (C=O) groups excluding carboxylic acids is 1. The fourth-order valence-electron chi connectivity index (χ4n) is 1.75. The van der Waals surface area contributed by atoms with Crippen molar-refractivity contribution in [2.24, 2.45) is 0 Å². The first-order chi connectivity index (χ1) is 9.19. The lowest BCUT2D eigenvalue weighted by atomic mass is 10.1. The second-order valence-electron chi connectivity index (χ2n) is 5.34. The highest BCUT2D eigenvalue weighted by atomic mass is 79.9. The monoisotopic (exact) mass is 425 g/mol. The highest BCUT2D eigenvalue weighted by molar-refractivity contribution is 9.12. The van der Waals surface area contributed by atoms with E-state index in [1.54, 1.807) is 26.8 Å². The van der Waals surface area contributed by atoms with Gasteiger partial charge in [-0.15, -0.1) is 0 Å². The van der Waals surface area contributed by atoms with E-state index in [4.69, 9.17) is 21.1 Å². The molecule has 1 heterocycles. The van der Waals surface area contributed by atoms with Gasteiger partial charge in [0.1, 0.15) is 11.3 Å². The summed E-state index contributed by atoms with van der Waals surface area (Å²) in [6, 6.07) is 3.58. The van der Waals surface area contributed by atoms with Crippen molar-refractivity contribution in [3.63, 3.8) is 0 Å². The molecule has 1 N–H and O–H groups in total. The summed E-state index contributed by atoms with van der Waals surface area (Å²) in [7, 11) is 0. The highest BCUT2D eigenvalue weighted by Gasteiger charge is 2.34. The first-order valence-corrected chi connectivity index (χ1v) is 8.17. The number of amides is 1. The maximum Gasteiger partial charge on any atom is 0.412 e. The number of nitrogens with one attached hydrogen (secondary N) is 1. The molecular weight excluding hydrogens is 413 g/mol. The van der Waals surface area contributed by atoms with E-state index < -0.39 is 11.7 Å². The van der Waals surface area contributed by atoms with Gasteiger partial charge >= 0.3 is 6.09 Å². The lowest BCUT2D eigenvalue weighted by Crippen LogP contribution is -2.27. The normalized spacial score (nSPS) is 21.1. The van der Waals surface area contributed by atoms with Crippen LogP contribution in [-0.4, -0.2) is 16.7 Å².